The van der Waals surface area contributed by atoms with Crippen molar-refractivity contribution in [3.63, 3.8) is 0 Å². The predicted octanol–water partition coefficient (Wildman–Crippen LogP) is -0.277. The van der Waals surface area contributed by atoms with Gasteiger partial charge in [-0.2, -0.15) is 0 Å². The quantitative estimate of drug-likeness (QED) is 0.344. The number of aliphatic hydroxyl groups is 3. The van der Waals surface area contributed by atoms with Crippen LogP contribution in [0.5, 0.6) is 0 Å². The molecule has 13 atom stereocenters. The summed E-state index contributed by atoms with van der Waals surface area (Å²) in [6.07, 6.45) is 0.491. The highest BCUT2D eigenvalue weighted by Gasteiger charge is 2.93. The molecule has 0 aromatic rings. The maximum absolute atomic E-state index is 14.9. The number of carbonyl (C=O) groups excluding carboxylic acids is 4. The number of fused-ring (bicyclic) bond motifs is 5. The maximum atomic E-state index is 14.9. The smallest absolute Gasteiger partial charge is 0.342 e. The summed E-state index contributed by atoms with van der Waals surface area (Å²) in [5.41, 5.74) is -10.4. The number of rotatable bonds is 0. The van der Waals surface area contributed by atoms with Crippen LogP contribution in [0.3, 0.4) is 0 Å². The normalized spacial score (nSPS) is 62.0. The third-order valence-electron chi connectivity index (χ3n) is 12.7. The molecule has 7 fully saturated rings. The van der Waals surface area contributed by atoms with Gasteiger partial charge in [-0.15, -0.1) is 0 Å². The molecule has 2 saturated carbocycles. The maximum Gasteiger partial charge on any atom is 0.342 e. The van der Waals surface area contributed by atoms with Crippen LogP contribution in [0.25, 0.3) is 0 Å². The summed E-state index contributed by atoms with van der Waals surface area (Å²) >= 11 is 0. The molecule has 2 spiro atoms. The van der Waals surface area contributed by atoms with Gasteiger partial charge >= 0.3 is 11.9 Å². The van der Waals surface area contributed by atoms with Crippen molar-refractivity contribution in [1.29, 1.82) is 0 Å². The fraction of sp³-hybridized carbons (Fsp3) is 0.786. The average molecular weight is 545 g/mol. The van der Waals surface area contributed by atoms with Gasteiger partial charge in [0.05, 0.1) is 30.0 Å². The first-order valence-electron chi connectivity index (χ1n) is 13.8. The molecular formula is C28H32O11. The number of esters is 2. The van der Waals surface area contributed by atoms with Crippen molar-refractivity contribution in [2.45, 2.75) is 93.3 Å². The van der Waals surface area contributed by atoms with Crippen LogP contribution < -0.4 is 0 Å². The fourth-order valence-electron chi connectivity index (χ4n) is 10.6. The molecule has 3 N–H and O–H groups in total. The van der Waals surface area contributed by atoms with E-state index >= 15 is 0 Å². The molecule has 5 heterocycles. The topological polar surface area (TPSA) is 166 Å². The molecule has 8 aliphatic rings. The second-order valence-electron chi connectivity index (χ2n) is 13.8. The fourth-order valence-corrected chi connectivity index (χ4v) is 10.6. The summed E-state index contributed by atoms with van der Waals surface area (Å²) in [5.74, 6) is -8.35. The summed E-state index contributed by atoms with van der Waals surface area (Å²) in [4.78, 5) is 55.5. The second-order valence-corrected chi connectivity index (χ2v) is 13.8. The zero-order valence-electron chi connectivity index (χ0n) is 22.0. The molecule has 3 aliphatic carbocycles. The van der Waals surface area contributed by atoms with E-state index in [-0.39, 0.29) is 38.7 Å². The number of allylic oxidation sites excluding steroid dienone is 1. The minimum absolute atomic E-state index is 0.0207. The molecule has 0 aromatic heterocycles. The van der Waals surface area contributed by atoms with Gasteiger partial charge in [0.2, 0.25) is 5.79 Å². The van der Waals surface area contributed by atoms with E-state index in [0.717, 1.165) is 0 Å². The van der Waals surface area contributed by atoms with Crippen molar-refractivity contribution in [2.75, 3.05) is 6.61 Å². The zero-order chi connectivity index (χ0) is 27.8. The first-order valence-corrected chi connectivity index (χ1v) is 13.8. The van der Waals surface area contributed by atoms with Gasteiger partial charge in [0.1, 0.15) is 11.7 Å². The lowest BCUT2D eigenvalue weighted by molar-refractivity contribution is -0.382. The largest absolute Gasteiger partial charge is 0.458 e. The molecule has 8 rings (SSSR count). The number of ketones is 2. The van der Waals surface area contributed by atoms with Crippen molar-refractivity contribution >= 4 is 23.5 Å². The number of hydrogen-bond donors (Lipinski definition) is 3. The summed E-state index contributed by atoms with van der Waals surface area (Å²) in [7, 11) is 0. The van der Waals surface area contributed by atoms with Gasteiger partial charge in [0.15, 0.2) is 28.4 Å². The van der Waals surface area contributed by atoms with E-state index in [4.69, 9.17) is 18.9 Å². The minimum Gasteiger partial charge on any atom is -0.458 e. The van der Waals surface area contributed by atoms with E-state index in [1.54, 1.807) is 20.8 Å². The zero-order valence-corrected chi connectivity index (χ0v) is 22.0. The van der Waals surface area contributed by atoms with Gasteiger partial charge in [0.25, 0.3) is 0 Å². The Labute approximate surface area is 223 Å². The number of ether oxygens (including phenoxy) is 4. The lowest BCUT2D eigenvalue weighted by Crippen LogP contribution is -2.79. The Morgan fingerprint density at radius 2 is 1.79 bits per heavy atom. The molecule has 0 aromatic carbocycles. The van der Waals surface area contributed by atoms with E-state index < -0.39 is 98.4 Å². The first-order chi connectivity index (χ1) is 18.2. The average Bonchev–Trinajstić information content (AvgIpc) is 3.19. The van der Waals surface area contributed by atoms with Crippen molar-refractivity contribution in [1.82, 2.24) is 0 Å². The Morgan fingerprint density at radius 3 is 2.54 bits per heavy atom. The van der Waals surface area contributed by atoms with E-state index in [1.807, 2.05) is 0 Å². The minimum atomic E-state index is -2.32. The van der Waals surface area contributed by atoms with Crippen molar-refractivity contribution in [2.24, 2.45) is 34.5 Å². The van der Waals surface area contributed by atoms with Gasteiger partial charge in [0, 0.05) is 5.92 Å². The highest BCUT2D eigenvalue weighted by Crippen LogP contribution is 2.75. The van der Waals surface area contributed by atoms with Crippen LogP contribution in [-0.4, -0.2) is 85.8 Å². The highest BCUT2D eigenvalue weighted by molar-refractivity contribution is 6.00. The summed E-state index contributed by atoms with van der Waals surface area (Å²) in [6.45, 7) is 4.69. The monoisotopic (exact) mass is 544 g/mol. The second kappa shape index (κ2) is 6.49. The number of Topliss-reactive ketones (excluding diaryl/α,β-unsaturated/α-hetero) is 1. The highest BCUT2D eigenvalue weighted by atomic mass is 16.8. The molecule has 0 unspecified atom stereocenters. The SMILES string of the molecule is C[C@]12C[C@@H]3OC(=O)[C@@H]1CO[C@]14O[C@@]5([C@@H]2C1=O)[C@@]3(C)OC(=O)[C@@]5(O)CC[C@H]1[C@H]4C[C@@H](O)[C@@]2(O)CC=CC(=O)[C@]12C. The summed E-state index contributed by atoms with van der Waals surface area (Å²) < 4.78 is 24.9. The van der Waals surface area contributed by atoms with Crippen LogP contribution in [0.15, 0.2) is 12.2 Å². The number of aliphatic hydroxyl groups excluding tert-OH is 1. The van der Waals surface area contributed by atoms with Crippen LogP contribution in [0.2, 0.25) is 0 Å². The molecule has 210 valence electrons. The van der Waals surface area contributed by atoms with E-state index in [2.05, 4.69) is 0 Å². The lowest BCUT2D eigenvalue weighted by atomic mass is 9.46. The van der Waals surface area contributed by atoms with Crippen molar-refractivity contribution in [3.8, 4) is 0 Å². The van der Waals surface area contributed by atoms with Gasteiger partial charge in [-0.3, -0.25) is 14.4 Å². The molecule has 11 heteroatoms. The predicted molar refractivity (Wildman–Crippen MR) is 125 cm³/mol. The first kappa shape index (κ1) is 24.6. The standard InChI is InChI=1S/C28H32O11/c1-22-10-17-24(3)28-18(22)19(31)27(39-28,36-11-14(22)20(32)37-17)13-9-16(30)25(34)7-4-5-15(29)23(25,2)12(13)6-8-26(28,35)21(33)38-24/h4-5,12-14,16-18,30,34-35H,6-11H2,1-3H3/t12-,13+,14-,16+,17-,18+,22-,23-,24-,25-,26-,27+,28-/m0/s1. The van der Waals surface area contributed by atoms with Crippen LogP contribution in [0, 0.1) is 34.5 Å². The van der Waals surface area contributed by atoms with Gasteiger partial charge in [-0.05, 0) is 63.4 Å². The van der Waals surface area contributed by atoms with E-state index in [0.29, 0.717) is 0 Å². The Balaban J connectivity index is 1.43. The number of hydrogen-bond acceptors (Lipinski definition) is 11. The van der Waals surface area contributed by atoms with Crippen LogP contribution in [0.4, 0.5) is 0 Å². The third-order valence-corrected chi connectivity index (χ3v) is 12.7. The number of carbonyl (C=O) groups is 4. The van der Waals surface area contributed by atoms with Gasteiger partial charge < -0.3 is 34.3 Å². The Hall–Kier alpha value is -2.18. The molecule has 5 aliphatic heterocycles. The van der Waals surface area contributed by atoms with Crippen LogP contribution >= 0.6 is 0 Å². The summed E-state index contributed by atoms with van der Waals surface area (Å²) in [6, 6.07) is 0. The lowest BCUT2D eigenvalue weighted by Gasteiger charge is -2.64. The molecule has 11 nitrogen and oxygen atoms in total. The van der Waals surface area contributed by atoms with Crippen molar-refractivity contribution < 1.29 is 53.4 Å². The van der Waals surface area contributed by atoms with Crippen LogP contribution in [-0.2, 0) is 38.1 Å². The van der Waals surface area contributed by atoms with Crippen LogP contribution in [0.1, 0.15) is 52.9 Å². The van der Waals surface area contributed by atoms with E-state index in [9.17, 15) is 34.5 Å². The molecule has 39 heavy (non-hydrogen) atoms. The van der Waals surface area contributed by atoms with Gasteiger partial charge in [-0.1, -0.05) is 13.0 Å². The Morgan fingerprint density at radius 1 is 1.05 bits per heavy atom. The Kier molecular flexibility index (Phi) is 4.09. The molecule has 5 bridgehead atoms. The molecule has 0 radical (unpaired) electrons. The van der Waals surface area contributed by atoms with Gasteiger partial charge in [-0.25, -0.2) is 4.79 Å². The van der Waals surface area contributed by atoms with E-state index in [1.165, 1.54) is 12.2 Å². The van der Waals surface area contributed by atoms with Crippen molar-refractivity contribution in [3.05, 3.63) is 12.2 Å². The third kappa shape index (κ3) is 2.10. The molecule has 5 saturated heterocycles. The molecular weight excluding hydrogens is 512 g/mol. The molecule has 0 amide bonds. The summed E-state index contributed by atoms with van der Waals surface area (Å²) in [5, 5.41) is 35.6. The Bertz CT molecular complexity index is 1330.